The van der Waals surface area contributed by atoms with Gasteiger partial charge >= 0.3 is 13.5 Å². The van der Waals surface area contributed by atoms with Gasteiger partial charge in [-0.15, -0.1) is 0 Å². The van der Waals surface area contributed by atoms with Crippen LogP contribution >= 0.6 is 25.8 Å². The molecule has 2 unspecified atom stereocenters. The number of aromatic amines is 1. The number of nitrogen functional groups attached to an aromatic ring is 1. The molecule has 16 nitrogen and oxygen atoms in total. The van der Waals surface area contributed by atoms with E-state index in [4.69, 9.17) is 40.4 Å². The first-order chi connectivity index (χ1) is 19.4. The number of hydrogen-bond acceptors (Lipinski definition) is 13. The van der Waals surface area contributed by atoms with Crippen molar-refractivity contribution in [2.75, 3.05) is 18.9 Å². The molecule has 41 heavy (non-hydrogen) atoms. The Labute approximate surface area is 240 Å². The first-order valence-electron chi connectivity index (χ1n) is 12.0. The summed E-state index contributed by atoms with van der Waals surface area (Å²) in [5.74, 6) is 0.464. The topological polar surface area (TPSA) is 204 Å². The van der Waals surface area contributed by atoms with Gasteiger partial charge in [0.1, 0.15) is 35.8 Å². The number of ether oxygens (including phenoxy) is 1. The summed E-state index contributed by atoms with van der Waals surface area (Å²) < 4.78 is 60.2. The number of thiol groups is 1. The fourth-order valence-corrected chi connectivity index (χ4v) is 7.19. The molecule has 0 saturated carbocycles. The van der Waals surface area contributed by atoms with Crippen LogP contribution in [-0.4, -0.2) is 70.5 Å². The number of nitrogens with two attached hydrogens (primary N) is 1. The molecule has 0 aromatic carbocycles. The van der Waals surface area contributed by atoms with Crippen LogP contribution in [0.15, 0.2) is 23.5 Å². The number of H-pyrrole nitrogens is 1. The van der Waals surface area contributed by atoms with Gasteiger partial charge in [0.25, 0.3) is 5.56 Å². The summed E-state index contributed by atoms with van der Waals surface area (Å²) in [6, 6.07) is 1.63. The van der Waals surface area contributed by atoms with Crippen LogP contribution in [0.25, 0.3) is 22.2 Å². The van der Waals surface area contributed by atoms with Crippen LogP contribution in [0.2, 0.25) is 0 Å². The van der Waals surface area contributed by atoms with Gasteiger partial charge in [-0.25, -0.2) is 28.9 Å². The summed E-state index contributed by atoms with van der Waals surface area (Å²) in [5.41, 5.74) is 6.37. The zero-order valence-electron chi connectivity index (χ0n) is 21.1. The molecule has 6 atom stereocenters. The smallest absolute Gasteiger partial charge is 0.383 e. The van der Waals surface area contributed by atoms with E-state index in [0.29, 0.717) is 16.7 Å². The predicted molar refractivity (Wildman–Crippen MR) is 148 cm³/mol. The first kappa shape index (κ1) is 28.8. The van der Waals surface area contributed by atoms with Crippen LogP contribution in [0.4, 0.5) is 10.2 Å². The molecule has 6 heterocycles. The zero-order valence-corrected chi connectivity index (χ0v) is 24.6. The largest absolute Gasteiger partial charge is 0.387 e. The molecule has 0 spiro atoms. The average Bonchev–Trinajstić information content (AvgIpc) is 3.56. The Morgan fingerprint density at radius 1 is 1.27 bits per heavy atom. The van der Waals surface area contributed by atoms with E-state index in [-0.39, 0.29) is 42.6 Å². The molecule has 4 aromatic heterocycles. The number of halogens is 1. The quantitative estimate of drug-likeness (QED) is 0.172. The summed E-state index contributed by atoms with van der Waals surface area (Å²) in [6.45, 7) is -7.43. The van der Waals surface area contributed by atoms with Gasteiger partial charge in [0.15, 0.2) is 23.6 Å². The maximum atomic E-state index is 15.9. The Bertz CT molecular complexity index is 1800. The molecule has 1 fully saturated rings. The van der Waals surface area contributed by atoms with Crippen LogP contribution in [0.5, 0.6) is 0 Å². The third kappa shape index (κ3) is 5.59. The van der Waals surface area contributed by atoms with E-state index >= 15 is 4.39 Å². The summed E-state index contributed by atoms with van der Waals surface area (Å²) in [7, 11) is 0. The zero-order chi connectivity index (χ0) is 29.1. The molecular weight excluding hydrogens is 625 g/mol. The second-order valence-electron chi connectivity index (χ2n) is 9.18. The van der Waals surface area contributed by atoms with Crippen molar-refractivity contribution in [2.45, 2.75) is 44.7 Å². The third-order valence-corrected chi connectivity index (χ3v) is 9.71. The molecule has 0 amide bonds. The van der Waals surface area contributed by atoms with Crippen molar-refractivity contribution in [1.82, 2.24) is 34.1 Å². The van der Waals surface area contributed by atoms with Crippen LogP contribution in [-0.2, 0) is 52.4 Å². The van der Waals surface area contributed by atoms with Crippen molar-refractivity contribution in [3.63, 3.8) is 0 Å². The predicted octanol–water partition coefficient (Wildman–Crippen LogP) is 1.89. The van der Waals surface area contributed by atoms with Gasteiger partial charge in [-0.05, 0) is 24.8 Å². The molecule has 220 valence electrons. The minimum Gasteiger partial charge on any atom is -0.383 e. The van der Waals surface area contributed by atoms with E-state index in [0.717, 1.165) is 0 Å². The minimum absolute atomic E-state index is 0.0324. The Hall–Kier alpha value is -2.31. The van der Waals surface area contributed by atoms with Crippen LogP contribution < -0.4 is 11.3 Å². The van der Waals surface area contributed by atoms with Crippen LogP contribution in [0.3, 0.4) is 0 Å². The molecule has 0 radical (unpaired) electrons. The lowest BCUT2D eigenvalue weighted by Gasteiger charge is -2.24. The number of alkyl halides is 1. The highest BCUT2D eigenvalue weighted by Gasteiger charge is 2.51. The SMILES string of the molecule is Cc1nc2c(ncn2[C@@H]2O[C@@H]3COP(O)(=S)OCCn4c(cc5c(N)ncnc54)COP(=O)(S)O[C@@H]2[C@@H]3F)c(=O)[nH]1. The monoisotopic (exact) mass is 648 g/mol. The number of rotatable bonds is 1. The fraction of sp³-hybridized carbons (Fsp3) is 0.450. The number of nitrogens with one attached hydrogen (secondary N) is 1. The van der Waals surface area contributed by atoms with Gasteiger partial charge in [-0.2, -0.15) is 0 Å². The summed E-state index contributed by atoms with van der Waals surface area (Å²) in [4.78, 5) is 42.1. The molecule has 4 N–H and O–H groups in total. The van der Waals surface area contributed by atoms with Crippen LogP contribution in [0.1, 0.15) is 17.7 Å². The number of imidazole rings is 1. The summed E-state index contributed by atoms with van der Waals surface area (Å²) >= 11 is 9.20. The van der Waals surface area contributed by atoms with Gasteiger partial charge < -0.3 is 34.0 Å². The highest BCUT2D eigenvalue weighted by Crippen LogP contribution is 2.58. The second kappa shape index (κ2) is 10.8. The van der Waals surface area contributed by atoms with Gasteiger partial charge in [-0.3, -0.25) is 18.4 Å². The molecule has 2 bridgehead atoms. The van der Waals surface area contributed by atoms with Crippen molar-refractivity contribution < 1.29 is 36.7 Å². The summed E-state index contributed by atoms with van der Waals surface area (Å²) in [6.07, 6.45) is -3.79. The Kier molecular flexibility index (Phi) is 7.55. The van der Waals surface area contributed by atoms with E-state index in [2.05, 4.69) is 37.2 Å². The van der Waals surface area contributed by atoms with E-state index in [1.54, 1.807) is 17.6 Å². The first-order valence-corrected chi connectivity index (χ1v) is 17.3. The highest BCUT2D eigenvalue weighted by molar-refractivity contribution is 8.44. The molecule has 6 rings (SSSR count). The normalized spacial score (nSPS) is 31.6. The van der Waals surface area contributed by atoms with Gasteiger partial charge in [0.2, 0.25) is 0 Å². The van der Waals surface area contributed by atoms with Crippen LogP contribution in [0, 0.1) is 6.92 Å². The third-order valence-electron chi connectivity index (χ3n) is 6.50. The molecular formula is C20H23FN8O8P2S2. The number of hydrogen-bond donors (Lipinski definition) is 4. The standard InChI is InChI=1S/C20H23FN8O8P2S2/c1-9-26-18-14(19(30)27-9)25-8-29(18)20-15-13(21)12(36-20)6-35-38(31,40)33-3-2-28-10(5-34-39(32,41)37-15)4-11-16(22)23-7-24-17(11)28/h4,7-8,12-13,15,20H,2-3,5-6H2,1H3,(H,31,40)(H,32,41)(H2,22,23,24)(H,26,27,30)/t12-,13-,15-,20-,38?,39?/m1/s1. The Morgan fingerprint density at radius 3 is 2.88 bits per heavy atom. The Balaban J connectivity index is 1.39. The van der Waals surface area contributed by atoms with Gasteiger partial charge in [0, 0.05) is 12.2 Å². The number of anilines is 1. The summed E-state index contributed by atoms with van der Waals surface area (Å²) in [5, 5.41) is 0.488. The number of aromatic nitrogens is 7. The lowest BCUT2D eigenvalue weighted by molar-refractivity contribution is -0.0453. The fourth-order valence-electron chi connectivity index (χ4n) is 4.67. The van der Waals surface area contributed by atoms with Crippen molar-refractivity contribution >= 4 is 65.6 Å². The maximum Gasteiger partial charge on any atom is 0.387 e. The number of fused-ring (bicyclic) bond motifs is 6. The van der Waals surface area contributed by atoms with E-state index in [1.807, 2.05) is 0 Å². The molecule has 0 aliphatic carbocycles. The molecule has 2 aliphatic heterocycles. The molecule has 4 aromatic rings. The lowest BCUT2D eigenvalue weighted by atomic mass is 10.1. The van der Waals surface area contributed by atoms with Crippen molar-refractivity contribution in [3.05, 3.63) is 40.6 Å². The van der Waals surface area contributed by atoms with E-state index < -0.39 is 50.3 Å². The van der Waals surface area contributed by atoms with Crippen molar-refractivity contribution in [3.8, 4) is 0 Å². The van der Waals surface area contributed by atoms with Gasteiger partial charge in [-0.1, -0.05) is 12.2 Å². The van der Waals surface area contributed by atoms with Crippen molar-refractivity contribution in [2.24, 2.45) is 0 Å². The lowest BCUT2D eigenvalue weighted by Crippen LogP contribution is -2.32. The second-order valence-corrected chi connectivity index (χ2v) is 14.9. The van der Waals surface area contributed by atoms with E-state index in [9.17, 15) is 14.3 Å². The van der Waals surface area contributed by atoms with Crippen molar-refractivity contribution in [1.29, 1.82) is 0 Å². The average molecular weight is 649 g/mol. The molecule has 2 aliphatic rings. The van der Waals surface area contributed by atoms with Gasteiger partial charge in [0.05, 0.1) is 31.5 Å². The molecule has 1 saturated heterocycles. The maximum absolute atomic E-state index is 15.9. The number of aryl methyl sites for hydroxylation is 1. The molecule has 21 heteroatoms. The highest BCUT2D eigenvalue weighted by atomic mass is 32.7. The minimum atomic E-state index is -4.28. The number of nitrogens with zero attached hydrogens (tertiary/aromatic N) is 6. The Morgan fingerprint density at radius 2 is 2.07 bits per heavy atom. The van der Waals surface area contributed by atoms with E-state index in [1.165, 1.54) is 17.2 Å².